The highest BCUT2D eigenvalue weighted by Gasteiger charge is 2.59. The molecule has 1 fully saturated rings. The quantitative estimate of drug-likeness (QED) is 0.251. The third-order valence-electron chi connectivity index (χ3n) is 4.11. The summed E-state index contributed by atoms with van der Waals surface area (Å²) >= 11 is 0. The van der Waals surface area contributed by atoms with Gasteiger partial charge in [0.15, 0.2) is 0 Å². The van der Waals surface area contributed by atoms with E-state index in [-0.39, 0.29) is 32.7 Å². The molecule has 0 bridgehead atoms. The van der Waals surface area contributed by atoms with E-state index in [2.05, 4.69) is 10.6 Å². The van der Waals surface area contributed by atoms with Crippen molar-refractivity contribution in [2.24, 2.45) is 5.73 Å². The van der Waals surface area contributed by atoms with E-state index in [9.17, 15) is 34.5 Å². The van der Waals surface area contributed by atoms with Gasteiger partial charge in [-0.3, -0.25) is 14.6 Å². The normalized spacial score (nSPS) is 19.1. The maximum atomic E-state index is 11.6. The summed E-state index contributed by atoms with van der Waals surface area (Å²) in [7, 11) is 0. The van der Waals surface area contributed by atoms with Crippen LogP contribution in [0.1, 0.15) is 0 Å². The van der Waals surface area contributed by atoms with Gasteiger partial charge < -0.3 is 31.7 Å². The molecule has 1 saturated heterocycles. The van der Waals surface area contributed by atoms with E-state index >= 15 is 0 Å². The van der Waals surface area contributed by atoms with Gasteiger partial charge in [-0.15, -0.1) is 0 Å². The molecule has 0 aliphatic carbocycles. The molecule has 12 heteroatoms. The summed E-state index contributed by atoms with van der Waals surface area (Å²) in [5, 5.41) is 34.3. The van der Waals surface area contributed by atoms with Crippen LogP contribution in [0.4, 0.5) is 0 Å². The molecular formula is C14H25N5O7. The highest BCUT2D eigenvalue weighted by atomic mass is 16.4. The third-order valence-corrected chi connectivity index (χ3v) is 4.11. The van der Waals surface area contributed by atoms with Gasteiger partial charge in [-0.2, -0.15) is 0 Å². The van der Waals surface area contributed by atoms with E-state index in [4.69, 9.17) is 5.73 Å². The molecule has 0 spiro atoms. The van der Waals surface area contributed by atoms with Crippen LogP contribution in [0.3, 0.4) is 0 Å². The first-order valence-corrected chi connectivity index (χ1v) is 8.10. The number of primary amides is 1. The molecule has 0 unspecified atom stereocenters. The molecule has 1 aliphatic rings. The summed E-state index contributed by atoms with van der Waals surface area (Å²) in [6.45, 7) is 1.97. The second kappa shape index (κ2) is 10.0. The molecule has 12 nitrogen and oxygen atoms in total. The number of carbonyl (C=O) groups excluding carboxylic acids is 1. The van der Waals surface area contributed by atoms with E-state index in [0.717, 1.165) is 4.90 Å². The molecule has 1 amide bonds. The standard InChI is InChI=1S/C14H25N5O7/c15-10(20)9-18-5-3-16-1-2-17-4-6-19(8-7-18)14(11(21)22,12(23)24)13(25)26/h16-17H,1-9H2,(H2,15,20)(H,21,22)(H,23,24)(H,25,26). The molecule has 1 rings (SSSR count). The number of hydrogen-bond acceptors (Lipinski definition) is 8. The van der Waals surface area contributed by atoms with Gasteiger partial charge in [-0.1, -0.05) is 0 Å². The summed E-state index contributed by atoms with van der Waals surface area (Å²) in [6, 6.07) is 0. The zero-order valence-electron chi connectivity index (χ0n) is 14.3. The maximum Gasteiger partial charge on any atom is 0.347 e. The number of rotatable bonds is 6. The van der Waals surface area contributed by atoms with E-state index in [0.29, 0.717) is 26.2 Å². The first kappa shape index (κ1) is 21.8. The molecule has 148 valence electrons. The van der Waals surface area contributed by atoms with Gasteiger partial charge in [0.25, 0.3) is 0 Å². The van der Waals surface area contributed by atoms with Crippen LogP contribution in [0, 0.1) is 0 Å². The Kier molecular flexibility index (Phi) is 8.38. The van der Waals surface area contributed by atoms with Crippen molar-refractivity contribution >= 4 is 23.8 Å². The highest BCUT2D eigenvalue weighted by molar-refractivity contribution is 6.21. The summed E-state index contributed by atoms with van der Waals surface area (Å²) in [5.41, 5.74) is 2.09. The Bertz CT molecular complexity index is 506. The minimum Gasteiger partial charge on any atom is -0.479 e. The van der Waals surface area contributed by atoms with Crippen molar-refractivity contribution in [3.8, 4) is 0 Å². The Labute approximate surface area is 149 Å². The Balaban J connectivity index is 3.11. The predicted octanol–water partition coefficient (Wildman–Crippen LogP) is -3.74. The van der Waals surface area contributed by atoms with E-state index < -0.39 is 29.4 Å². The smallest absolute Gasteiger partial charge is 0.347 e. The summed E-state index contributed by atoms with van der Waals surface area (Å²) in [5.74, 6) is -6.53. The van der Waals surface area contributed by atoms with Crippen molar-refractivity contribution in [2.75, 3.05) is 58.9 Å². The first-order valence-electron chi connectivity index (χ1n) is 8.10. The van der Waals surface area contributed by atoms with Gasteiger partial charge in [0.1, 0.15) is 0 Å². The lowest BCUT2D eigenvalue weighted by molar-refractivity contribution is -0.179. The number of hydrogen-bond donors (Lipinski definition) is 6. The molecule has 0 radical (unpaired) electrons. The van der Waals surface area contributed by atoms with Crippen molar-refractivity contribution in [1.82, 2.24) is 20.4 Å². The molecule has 0 aromatic carbocycles. The van der Waals surface area contributed by atoms with Gasteiger partial charge in [0.05, 0.1) is 6.54 Å². The summed E-state index contributed by atoms with van der Waals surface area (Å²) in [6.07, 6.45) is 0. The molecule has 0 atom stereocenters. The lowest BCUT2D eigenvalue weighted by atomic mass is 9.97. The van der Waals surface area contributed by atoms with Gasteiger partial charge >= 0.3 is 23.4 Å². The van der Waals surface area contributed by atoms with Crippen LogP contribution in [0.2, 0.25) is 0 Å². The SMILES string of the molecule is NC(=O)CN1CCNCCNCCN(C(C(=O)O)(C(=O)O)C(=O)O)CC1. The number of aliphatic carboxylic acids is 3. The van der Waals surface area contributed by atoms with Crippen LogP contribution in [0.25, 0.3) is 0 Å². The van der Waals surface area contributed by atoms with Crippen LogP contribution in [0.5, 0.6) is 0 Å². The van der Waals surface area contributed by atoms with Gasteiger partial charge in [0.2, 0.25) is 5.91 Å². The second-order valence-corrected chi connectivity index (χ2v) is 5.86. The fourth-order valence-corrected chi connectivity index (χ4v) is 2.76. The highest BCUT2D eigenvalue weighted by Crippen LogP contribution is 2.18. The molecular weight excluding hydrogens is 350 g/mol. The summed E-state index contributed by atoms with van der Waals surface area (Å²) in [4.78, 5) is 48.6. The van der Waals surface area contributed by atoms with E-state index in [1.807, 2.05) is 0 Å². The van der Waals surface area contributed by atoms with Crippen molar-refractivity contribution in [3.05, 3.63) is 0 Å². The zero-order valence-corrected chi connectivity index (χ0v) is 14.3. The van der Waals surface area contributed by atoms with Crippen molar-refractivity contribution < 1.29 is 34.5 Å². The first-order chi connectivity index (χ1) is 12.2. The fourth-order valence-electron chi connectivity index (χ4n) is 2.76. The predicted molar refractivity (Wildman–Crippen MR) is 88.6 cm³/mol. The lowest BCUT2D eigenvalue weighted by Gasteiger charge is -2.35. The monoisotopic (exact) mass is 375 g/mol. The van der Waals surface area contributed by atoms with Gasteiger partial charge in [0, 0.05) is 52.4 Å². The van der Waals surface area contributed by atoms with E-state index in [1.165, 1.54) is 0 Å². The molecule has 1 heterocycles. The molecule has 0 aromatic heterocycles. The average molecular weight is 375 g/mol. The summed E-state index contributed by atoms with van der Waals surface area (Å²) < 4.78 is 0. The zero-order chi connectivity index (χ0) is 19.7. The van der Waals surface area contributed by atoms with Crippen LogP contribution in [0.15, 0.2) is 0 Å². The van der Waals surface area contributed by atoms with Crippen molar-refractivity contribution in [3.63, 3.8) is 0 Å². The lowest BCUT2D eigenvalue weighted by Crippen LogP contribution is -2.67. The number of amides is 1. The van der Waals surface area contributed by atoms with Gasteiger partial charge in [-0.25, -0.2) is 14.4 Å². The minimum atomic E-state index is -3.11. The number of carbonyl (C=O) groups is 4. The molecule has 26 heavy (non-hydrogen) atoms. The molecule has 1 aliphatic heterocycles. The van der Waals surface area contributed by atoms with Crippen LogP contribution in [-0.2, 0) is 19.2 Å². The third kappa shape index (κ3) is 5.36. The average Bonchev–Trinajstić information content (AvgIpc) is 2.50. The maximum absolute atomic E-state index is 11.6. The minimum absolute atomic E-state index is 0.0835. The number of nitrogens with one attached hydrogen (secondary N) is 2. The number of carboxylic acids is 3. The van der Waals surface area contributed by atoms with Crippen molar-refractivity contribution in [2.45, 2.75) is 5.54 Å². The number of carboxylic acid groups (broad SMARTS) is 3. The topological polar surface area (TPSA) is 186 Å². The number of nitrogens with zero attached hydrogens (tertiary/aromatic N) is 2. The Morgan fingerprint density at radius 1 is 0.808 bits per heavy atom. The molecule has 0 aromatic rings. The molecule has 7 N–H and O–H groups in total. The largest absolute Gasteiger partial charge is 0.479 e. The van der Waals surface area contributed by atoms with Crippen LogP contribution >= 0.6 is 0 Å². The van der Waals surface area contributed by atoms with Crippen LogP contribution in [-0.4, -0.2) is 113 Å². The Morgan fingerprint density at radius 2 is 1.31 bits per heavy atom. The Hall–Kier alpha value is -2.28. The van der Waals surface area contributed by atoms with E-state index in [1.54, 1.807) is 4.90 Å². The molecule has 0 saturated carbocycles. The fraction of sp³-hybridized carbons (Fsp3) is 0.714. The van der Waals surface area contributed by atoms with Gasteiger partial charge in [-0.05, 0) is 0 Å². The number of nitrogens with two attached hydrogens (primary N) is 1. The Morgan fingerprint density at radius 3 is 1.77 bits per heavy atom. The second-order valence-electron chi connectivity index (χ2n) is 5.86. The van der Waals surface area contributed by atoms with Crippen molar-refractivity contribution in [1.29, 1.82) is 0 Å². The van der Waals surface area contributed by atoms with Crippen LogP contribution < -0.4 is 16.4 Å².